The monoisotopic (exact) mass is 308 g/mol. The zero-order valence-corrected chi connectivity index (χ0v) is 13.4. The van der Waals surface area contributed by atoms with Gasteiger partial charge in [0.1, 0.15) is 5.60 Å². The average molecular weight is 308 g/mol. The second kappa shape index (κ2) is 6.55. The van der Waals surface area contributed by atoms with Crippen molar-refractivity contribution in [2.75, 3.05) is 7.05 Å². The maximum absolute atomic E-state index is 12.0. The third-order valence-corrected chi connectivity index (χ3v) is 2.86. The maximum atomic E-state index is 12.0. The minimum absolute atomic E-state index is 0.0439. The van der Waals surface area contributed by atoms with Crippen molar-refractivity contribution in [2.24, 2.45) is 0 Å². The number of hydrogen-bond acceptors (Lipinski definition) is 5. The summed E-state index contributed by atoms with van der Waals surface area (Å²) in [5, 5.41) is 11.1. The Morgan fingerprint density at radius 1 is 1.32 bits per heavy atom. The number of carbonyl (C=O) groups is 2. The first-order valence-corrected chi connectivity index (χ1v) is 6.73. The zero-order chi connectivity index (χ0) is 17.1. The van der Waals surface area contributed by atoms with Gasteiger partial charge in [-0.3, -0.25) is 14.9 Å². The Morgan fingerprint density at radius 2 is 1.91 bits per heavy atom. The molecule has 0 atom stereocenters. The molecule has 0 aromatic heterocycles. The summed E-state index contributed by atoms with van der Waals surface area (Å²) in [6.07, 6.45) is 0. The van der Waals surface area contributed by atoms with Crippen molar-refractivity contribution in [1.82, 2.24) is 4.90 Å². The van der Waals surface area contributed by atoms with Crippen LogP contribution in [0.3, 0.4) is 0 Å². The molecule has 1 aromatic rings. The van der Waals surface area contributed by atoms with Crippen LogP contribution in [-0.2, 0) is 16.1 Å². The van der Waals surface area contributed by atoms with Gasteiger partial charge in [0.15, 0.2) is 0 Å². The van der Waals surface area contributed by atoms with Crippen molar-refractivity contribution in [3.8, 4) is 0 Å². The van der Waals surface area contributed by atoms with E-state index in [0.29, 0.717) is 0 Å². The fraction of sp³-hybridized carbons (Fsp3) is 0.467. The molecule has 7 nitrogen and oxygen atoms in total. The summed E-state index contributed by atoms with van der Waals surface area (Å²) in [4.78, 5) is 35.2. The molecule has 22 heavy (non-hydrogen) atoms. The molecule has 0 saturated carbocycles. The van der Waals surface area contributed by atoms with Crippen LogP contribution in [0.1, 0.15) is 43.6 Å². The summed E-state index contributed by atoms with van der Waals surface area (Å²) in [7, 11) is 1.53. The number of nitro benzene ring substituents is 1. The van der Waals surface area contributed by atoms with Crippen molar-refractivity contribution < 1.29 is 19.2 Å². The number of nitro groups is 1. The third kappa shape index (κ3) is 4.83. The van der Waals surface area contributed by atoms with Gasteiger partial charge in [0.05, 0.1) is 17.0 Å². The molecule has 0 saturated heterocycles. The van der Waals surface area contributed by atoms with Crippen molar-refractivity contribution in [1.29, 1.82) is 0 Å². The Bertz CT molecular complexity index is 604. The van der Waals surface area contributed by atoms with E-state index in [1.807, 2.05) is 0 Å². The van der Waals surface area contributed by atoms with Gasteiger partial charge in [0.25, 0.3) is 5.69 Å². The molecular formula is C15H20N2O5. The van der Waals surface area contributed by atoms with E-state index in [0.717, 1.165) is 0 Å². The van der Waals surface area contributed by atoms with Crippen molar-refractivity contribution >= 4 is 17.6 Å². The fourth-order valence-corrected chi connectivity index (χ4v) is 1.72. The normalized spacial score (nSPS) is 11.0. The Balaban J connectivity index is 3.16. The number of benzene rings is 1. The van der Waals surface area contributed by atoms with Crippen LogP contribution in [0.4, 0.5) is 5.69 Å². The highest BCUT2D eigenvalue weighted by atomic mass is 16.6. The van der Waals surface area contributed by atoms with E-state index >= 15 is 0 Å². The molecule has 7 heteroatoms. The second-order valence-electron chi connectivity index (χ2n) is 5.98. The van der Waals surface area contributed by atoms with Gasteiger partial charge in [0, 0.05) is 25.6 Å². The van der Waals surface area contributed by atoms with Gasteiger partial charge in [0.2, 0.25) is 5.91 Å². The molecule has 0 unspecified atom stereocenters. The minimum Gasteiger partial charge on any atom is -0.456 e. The lowest BCUT2D eigenvalue weighted by atomic mass is 10.1. The number of ether oxygens (including phenoxy) is 1. The van der Waals surface area contributed by atoms with Gasteiger partial charge < -0.3 is 9.64 Å². The highest BCUT2D eigenvalue weighted by molar-refractivity contribution is 5.90. The number of esters is 1. The van der Waals surface area contributed by atoms with Crippen LogP contribution in [0.2, 0.25) is 0 Å². The van der Waals surface area contributed by atoms with Crippen LogP contribution in [0.5, 0.6) is 0 Å². The van der Waals surface area contributed by atoms with Gasteiger partial charge >= 0.3 is 5.97 Å². The average Bonchev–Trinajstić information content (AvgIpc) is 2.36. The van der Waals surface area contributed by atoms with Gasteiger partial charge in [-0.15, -0.1) is 0 Å². The van der Waals surface area contributed by atoms with Crippen molar-refractivity contribution in [2.45, 2.75) is 39.8 Å². The van der Waals surface area contributed by atoms with E-state index in [1.54, 1.807) is 20.8 Å². The number of rotatable bonds is 4. The van der Waals surface area contributed by atoms with E-state index < -0.39 is 16.5 Å². The summed E-state index contributed by atoms with van der Waals surface area (Å²) in [5.74, 6) is -0.786. The molecule has 0 aliphatic carbocycles. The molecule has 0 aliphatic heterocycles. The smallest absolute Gasteiger partial charge is 0.338 e. The number of amides is 1. The number of carbonyl (C=O) groups excluding carboxylic acids is 2. The minimum atomic E-state index is -0.658. The molecular weight excluding hydrogens is 288 g/mol. The molecule has 1 aromatic carbocycles. The standard InChI is InChI=1S/C15H20N2O5/c1-10(18)16(5)9-12-8-11(6-7-13(12)17(20)21)14(19)22-15(2,3)4/h6-8H,9H2,1-5H3. The van der Waals surface area contributed by atoms with Crippen LogP contribution in [0.15, 0.2) is 18.2 Å². The summed E-state index contributed by atoms with van der Waals surface area (Å²) in [6, 6.07) is 4.00. The van der Waals surface area contributed by atoms with Gasteiger partial charge in [-0.1, -0.05) is 0 Å². The Hall–Kier alpha value is -2.44. The lowest BCUT2D eigenvalue weighted by molar-refractivity contribution is -0.385. The predicted molar refractivity (Wildman–Crippen MR) is 80.4 cm³/mol. The summed E-state index contributed by atoms with van der Waals surface area (Å²) >= 11 is 0. The molecule has 0 radical (unpaired) electrons. The fourth-order valence-electron chi connectivity index (χ4n) is 1.72. The largest absolute Gasteiger partial charge is 0.456 e. The van der Waals surface area contributed by atoms with E-state index in [9.17, 15) is 19.7 Å². The van der Waals surface area contributed by atoms with E-state index in [-0.39, 0.29) is 29.3 Å². The first kappa shape index (κ1) is 17.6. The topological polar surface area (TPSA) is 89.8 Å². The Labute approximate surface area is 129 Å². The lowest BCUT2D eigenvalue weighted by Gasteiger charge is -2.20. The summed E-state index contributed by atoms with van der Waals surface area (Å²) in [5.41, 5.74) is -0.297. The molecule has 1 rings (SSSR count). The second-order valence-corrected chi connectivity index (χ2v) is 5.98. The van der Waals surface area contributed by atoms with Crippen LogP contribution < -0.4 is 0 Å². The molecule has 120 valence electrons. The molecule has 0 fully saturated rings. The first-order valence-electron chi connectivity index (χ1n) is 6.73. The van der Waals surface area contributed by atoms with Crippen LogP contribution in [-0.4, -0.2) is 34.3 Å². The molecule has 0 bridgehead atoms. The number of nitrogens with zero attached hydrogens (tertiary/aromatic N) is 2. The van der Waals surface area contributed by atoms with E-state index in [2.05, 4.69) is 0 Å². The van der Waals surface area contributed by atoms with Crippen molar-refractivity contribution in [3.05, 3.63) is 39.4 Å². The SMILES string of the molecule is CC(=O)N(C)Cc1cc(C(=O)OC(C)(C)C)ccc1[N+](=O)[O-]. The van der Waals surface area contributed by atoms with Crippen LogP contribution in [0, 0.1) is 10.1 Å². The third-order valence-electron chi connectivity index (χ3n) is 2.86. The maximum Gasteiger partial charge on any atom is 0.338 e. The Morgan fingerprint density at radius 3 is 2.36 bits per heavy atom. The van der Waals surface area contributed by atoms with E-state index in [4.69, 9.17) is 4.74 Å². The molecule has 0 heterocycles. The van der Waals surface area contributed by atoms with Gasteiger partial charge in [-0.25, -0.2) is 4.79 Å². The van der Waals surface area contributed by atoms with Crippen LogP contribution >= 0.6 is 0 Å². The summed E-state index contributed by atoms with van der Waals surface area (Å²) in [6.45, 7) is 6.62. The zero-order valence-electron chi connectivity index (χ0n) is 13.4. The first-order chi connectivity index (χ1) is 10.0. The lowest BCUT2D eigenvalue weighted by Crippen LogP contribution is -2.25. The van der Waals surface area contributed by atoms with Gasteiger partial charge in [-0.2, -0.15) is 0 Å². The predicted octanol–water partition coefficient (Wildman–Crippen LogP) is 2.53. The molecule has 0 aliphatic rings. The van der Waals surface area contributed by atoms with Crippen molar-refractivity contribution in [3.63, 3.8) is 0 Å². The van der Waals surface area contributed by atoms with E-state index in [1.165, 1.54) is 37.1 Å². The number of hydrogen-bond donors (Lipinski definition) is 0. The van der Waals surface area contributed by atoms with Gasteiger partial charge in [-0.05, 0) is 32.9 Å². The summed E-state index contributed by atoms with van der Waals surface area (Å²) < 4.78 is 5.24. The Kier molecular flexibility index (Phi) is 5.24. The molecule has 0 N–H and O–H groups in total. The molecule has 0 spiro atoms. The quantitative estimate of drug-likeness (QED) is 0.484. The highest BCUT2D eigenvalue weighted by Crippen LogP contribution is 2.23. The van der Waals surface area contributed by atoms with Crippen LogP contribution in [0.25, 0.3) is 0 Å². The molecule has 1 amide bonds. The highest BCUT2D eigenvalue weighted by Gasteiger charge is 2.22.